The first kappa shape index (κ1) is 18.9. The zero-order chi connectivity index (χ0) is 19.6. The Kier molecular flexibility index (Phi) is 5.17. The predicted molar refractivity (Wildman–Crippen MR) is 93.7 cm³/mol. The van der Waals surface area contributed by atoms with E-state index in [-0.39, 0.29) is 11.7 Å². The van der Waals surface area contributed by atoms with Gasteiger partial charge < -0.3 is 15.0 Å². The fourth-order valence-corrected chi connectivity index (χ4v) is 2.69. The number of methoxy groups -OCH3 is 1. The molecule has 3 aromatic rings. The van der Waals surface area contributed by atoms with Crippen molar-refractivity contribution >= 4 is 11.5 Å². The smallest absolute Gasteiger partial charge is 0.453 e. The van der Waals surface area contributed by atoms with Crippen molar-refractivity contribution in [1.82, 2.24) is 24.7 Å². The summed E-state index contributed by atoms with van der Waals surface area (Å²) in [6, 6.07) is 10.6. The molecule has 0 saturated heterocycles. The van der Waals surface area contributed by atoms with Crippen LogP contribution in [0.5, 0.6) is 5.75 Å². The van der Waals surface area contributed by atoms with Crippen LogP contribution in [-0.4, -0.2) is 52.5 Å². The van der Waals surface area contributed by atoms with E-state index in [4.69, 9.17) is 4.74 Å². The Labute approximate surface area is 153 Å². The van der Waals surface area contributed by atoms with E-state index < -0.39 is 12.0 Å². The number of nitrogens with zero attached hydrogens (tertiary/aromatic N) is 5. The third kappa shape index (κ3) is 4.11. The largest absolute Gasteiger partial charge is 0.497 e. The molecular formula is C17H19F3N6O. The quantitative estimate of drug-likeness (QED) is 0.709. The molecule has 2 heterocycles. The molecule has 0 aliphatic rings. The van der Waals surface area contributed by atoms with E-state index in [0.717, 1.165) is 11.3 Å². The molecule has 3 rings (SSSR count). The Bertz CT molecular complexity index is 907. The highest BCUT2D eigenvalue weighted by molar-refractivity contribution is 5.44. The van der Waals surface area contributed by atoms with Gasteiger partial charge in [0.05, 0.1) is 13.2 Å². The number of hydrogen-bond donors (Lipinski definition) is 1. The van der Waals surface area contributed by atoms with Gasteiger partial charge in [-0.15, -0.1) is 15.3 Å². The molecule has 1 atom stereocenters. The summed E-state index contributed by atoms with van der Waals surface area (Å²) in [6.45, 7) is 0.446. The Balaban J connectivity index is 1.80. The number of fused-ring (bicyclic) bond motifs is 1. The Morgan fingerprint density at radius 2 is 1.81 bits per heavy atom. The molecule has 0 bridgehead atoms. The molecule has 144 valence electrons. The van der Waals surface area contributed by atoms with Gasteiger partial charge in [0, 0.05) is 6.54 Å². The number of alkyl halides is 3. The van der Waals surface area contributed by atoms with Crippen LogP contribution in [0.4, 0.5) is 19.0 Å². The molecule has 0 spiro atoms. The number of aromatic nitrogens is 4. The summed E-state index contributed by atoms with van der Waals surface area (Å²) in [6.07, 6.45) is -4.62. The van der Waals surface area contributed by atoms with Crippen LogP contribution in [0.3, 0.4) is 0 Å². The number of rotatable bonds is 6. The molecule has 0 fully saturated rings. The second-order valence-corrected chi connectivity index (χ2v) is 6.14. The second kappa shape index (κ2) is 7.39. The van der Waals surface area contributed by atoms with Crippen LogP contribution in [0.1, 0.15) is 17.4 Å². The van der Waals surface area contributed by atoms with Gasteiger partial charge in [0.25, 0.3) is 5.82 Å². The number of benzene rings is 1. The zero-order valence-electron chi connectivity index (χ0n) is 15.0. The minimum atomic E-state index is -4.62. The van der Waals surface area contributed by atoms with E-state index in [2.05, 4.69) is 20.6 Å². The monoisotopic (exact) mass is 380 g/mol. The van der Waals surface area contributed by atoms with Crippen LogP contribution in [0, 0.1) is 0 Å². The Morgan fingerprint density at radius 1 is 1.11 bits per heavy atom. The molecule has 0 unspecified atom stereocenters. The first-order chi connectivity index (χ1) is 12.8. The minimum absolute atomic E-state index is 0.0172. The van der Waals surface area contributed by atoms with Crippen LogP contribution >= 0.6 is 0 Å². The van der Waals surface area contributed by atoms with Gasteiger partial charge in [-0.05, 0) is 43.9 Å². The van der Waals surface area contributed by atoms with Gasteiger partial charge >= 0.3 is 6.18 Å². The number of halogens is 3. The maximum atomic E-state index is 13.0. The fourth-order valence-electron chi connectivity index (χ4n) is 2.69. The van der Waals surface area contributed by atoms with Crippen LogP contribution < -0.4 is 10.1 Å². The highest BCUT2D eigenvalue weighted by atomic mass is 19.4. The highest BCUT2D eigenvalue weighted by Crippen LogP contribution is 2.28. The van der Waals surface area contributed by atoms with Crippen molar-refractivity contribution in [2.75, 3.05) is 33.1 Å². The topological polar surface area (TPSA) is 67.6 Å². The lowest BCUT2D eigenvalue weighted by Gasteiger charge is -2.25. The molecule has 0 radical (unpaired) electrons. The van der Waals surface area contributed by atoms with E-state index in [1.807, 2.05) is 43.3 Å². The van der Waals surface area contributed by atoms with Crippen LogP contribution in [0.15, 0.2) is 36.4 Å². The van der Waals surface area contributed by atoms with Gasteiger partial charge in [-0.1, -0.05) is 12.1 Å². The maximum absolute atomic E-state index is 13.0. The number of hydrogen-bond acceptors (Lipinski definition) is 6. The van der Waals surface area contributed by atoms with Crippen LogP contribution in [0.25, 0.3) is 5.65 Å². The standard InChI is InChI=1S/C17H19F3N6O/c1-25(2)13(11-4-6-12(27-3)7-5-11)10-21-14-8-9-15-22-23-16(17(18,19)20)26(15)24-14/h4-9,13H,10H2,1-3H3,(H,21,24)/t13-/m1/s1. The molecule has 7 nitrogen and oxygen atoms in total. The van der Waals surface area contributed by atoms with Gasteiger partial charge in [-0.3, -0.25) is 0 Å². The van der Waals surface area contributed by atoms with Crippen molar-refractivity contribution in [2.45, 2.75) is 12.2 Å². The first-order valence-corrected chi connectivity index (χ1v) is 8.13. The molecular weight excluding hydrogens is 361 g/mol. The van der Waals surface area contributed by atoms with Crippen molar-refractivity contribution in [3.63, 3.8) is 0 Å². The van der Waals surface area contributed by atoms with Gasteiger partial charge in [-0.25, -0.2) is 0 Å². The SMILES string of the molecule is COc1ccc([C@@H](CNc2ccc3nnc(C(F)(F)F)n3n2)N(C)C)cc1. The highest BCUT2D eigenvalue weighted by Gasteiger charge is 2.37. The molecule has 0 amide bonds. The number of nitrogens with one attached hydrogen (secondary N) is 1. The summed E-state index contributed by atoms with van der Waals surface area (Å²) in [5.74, 6) is -0.0998. The lowest BCUT2D eigenvalue weighted by Crippen LogP contribution is -2.27. The lowest BCUT2D eigenvalue weighted by molar-refractivity contribution is -0.146. The predicted octanol–water partition coefficient (Wildman–Crippen LogP) is 2.87. The average molecular weight is 380 g/mol. The van der Waals surface area contributed by atoms with Gasteiger partial charge in [0.15, 0.2) is 5.65 Å². The molecule has 2 aromatic heterocycles. The van der Waals surface area contributed by atoms with Crippen molar-refractivity contribution in [3.8, 4) is 5.75 Å². The van der Waals surface area contributed by atoms with Crippen LogP contribution in [-0.2, 0) is 6.18 Å². The molecule has 1 N–H and O–H groups in total. The summed E-state index contributed by atoms with van der Waals surface area (Å²) in [5, 5.41) is 13.7. The first-order valence-electron chi connectivity index (χ1n) is 8.13. The summed E-state index contributed by atoms with van der Waals surface area (Å²) >= 11 is 0. The number of likely N-dealkylation sites (N-methyl/N-ethyl adjacent to an activating group) is 1. The van der Waals surface area contributed by atoms with Crippen LogP contribution in [0.2, 0.25) is 0 Å². The summed E-state index contributed by atoms with van der Waals surface area (Å²) in [4.78, 5) is 2.01. The zero-order valence-corrected chi connectivity index (χ0v) is 15.0. The molecule has 27 heavy (non-hydrogen) atoms. The van der Waals surface area contributed by atoms with Crippen molar-refractivity contribution in [2.24, 2.45) is 0 Å². The lowest BCUT2D eigenvalue weighted by atomic mass is 10.1. The Morgan fingerprint density at radius 3 is 2.41 bits per heavy atom. The van der Waals surface area contributed by atoms with Gasteiger partial charge in [-0.2, -0.15) is 17.7 Å². The molecule has 0 saturated carbocycles. The van der Waals surface area contributed by atoms with E-state index in [0.29, 0.717) is 16.9 Å². The third-order valence-corrected chi connectivity index (χ3v) is 4.12. The van der Waals surface area contributed by atoms with E-state index in [1.165, 1.54) is 6.07 Å². The summed E-state index contributed by atoms with van der Waals surface area (Å²) < 4.78 is 44.8. The van der Waals surface area contributed by atoms with Gasteiger partial charge in [0.2, 0.25) is 0 Å². The second-order valence-electron chi connectivity index (χ2n) is 6.14. The average Bonchev–Trinajstić information content (AvgIpc) is 3.05. The fraction of sp³-hybridized carbons (Fsp3) is 0.353. The number of anilines is 1. The normalized spacial score (nSPS) is 13.1. The van der Waals surface area contributed by atoms with Gasteiger partial charge in [0.1, 0.15) is 11.6 Å². The van der Waals surface area contributed by atoms with Crippen molar-refractivity contribution in [1.29, 1.82) is 0 Å². The Hall–Kier alpha value is -2.88. The minimum Gasteiger partial charge on any atom is -0.497 e. The molecule has 1 aromatic carbocycles. The van der Waals surface area contributed by atoms with Crippen molar-refractivity contribution < 1.29 is 17.9 Å². The summed E-state index contributed by atoms with van der Waals surface area (Å²) in [5.41, 5.74) is 1.07. The van der Waals surface area contributed by atoms with Crippen molar-refractivity contribution in [3.05, 3.63) is 47.8 Å². The van der Waals surface area contributed by atoms with E-state index in [1.54, 1.807) is 13.2 Å². The van der Waals surface area contributed by atoms with E-state index in [9.17, 15) is 13.2 Å². The molecule has 10 heteroatoms. The van der Waals surface area contributed by atoms with E-state index >= 15 is 0 Å². The maximum Gasteiger partial charge on any atom is 0.453 e. The number of ether oxygens (including phenoxy) is 1. The molecule has 0 aliphatic heterocycles. The summed E-state index contributed by atoms with van der Waals surface area (Å²) in [7, 11) is 5.45. The molecule has 0 aliphatic carbocycles. The third-order valence-electron chi connectivity index (χ3n) is 4.12.